The van der Waals surface area contributed by atoms with Gasteiger partial charge in [0.1, 0.15) is 11.0 Å². The summed E-state index contributed by atoms with van der Waals surface area (Å²) in [5.41, 5.74) is 1.21. The van der Waals surface area contributed by atoms with E-state index in [1.54, 1.807) is 48.5 Å². The van der Waals surface area contributed by atoms with Crippen LogP contribution >= 0.6 is 34.7 Å². The number of hydrogen-bond donors (Lipinski definition) is 3. The Morgan fingerprint density at radius 3 is 2.44 bits per heavy atom. The quantitative estimate of drug-likeness (QED) is 0.254. The summed E-state index contributed by atoms with van der Waals surface area (Å²) in [7, 11) is -3.88. The minimum absolute atomic E-state index is 0.103. The Labute approximate surface area is 258 Å². The topological polar surface area (TPSA) is 169 Å². The molecule has 2 aliphatic heterocycles. The molecule has 3 unspecified atom stereocenters. The Balaban J connectivity index is 1.31. The van der Waals surface area contributed by atoms with Gasteiger partial charge in [-0.25, -0.2) is 18.5 Å². The number of para-hydroxylation sites is 1. The van der Waals surface area contributed by atoms with Gasteiger partial charge in [0, 0.05) is 27.1 Å². The van der Waals surface area contributed by atoms with Crippen LogP contribution < -0.4 is 25.0 Å². The SMILES string of the molecule is NS(=O)(=O)c1ccc(NC(=O)COc2ccc(Cl)cc2C2c3sc(=O)[nH]c3SC3C(=O)N(c4ccccc4)C(=O)C32)cc1. The third-order valence-electron chi connectivity index (χ3n) is 6.97. The fraction of sp³-hybridized carbons (Fsp3) is 0.143. The average molecular weight is 657 g/mol. The highest BCUT2D eigenvalue weighted by Gasteiger charge is 2.56. The molecule has 2 aliphatic rings. The zero-order valence-corrected chi connectivity index (χ0v) is 25.1. The largest absolute Gasteiger partial charge is 0.483 e. The van der Waals surface area contributed by atoms with Crippen molar-refractivity contribution in [1.29, 1.82) is 0 Å². The first-order valence-corrected chi connectivity index (χ1v) is 16.3. The number of H-pyrrole nitrogens is 1. The number of hydrogen-bond acceptors (Lipinski definition) is 9. The molecule has 3 aromatic carbocycles. The van der Waals surface area contributed by atoms with Gasteiger partial charge in [0.05, 0.1) is 21.5 Å². The van der Waals surface area contributed by atoms with Crippen molar-refractivity contribution in [1.82, 2.24) is 4.98 Å². The number of benzene rings is 3. The van der Waals surface area contributed by atoms with E-state index < -0.39 is 51.4 Å². The molecule has 6 rings (SSSR count). The monoisotopic (exact) mass is 656 g/mol. The number of aromatic nitrogens is 1. The van der Waals surface area contributed by atoms with Crippen molar-refractivity contribution in [2.45, 2.75) is 21.1 Å². The summed E-state index contributed by atoms with van der Waals surface area (Å²) < 4.78 is 28.9. The van der Waals surface area contributed by atoms with Crippen LogP contribution in [-0.2, 0) is 24.4 Å². The number of anilines is 2. The van der Waals surface area contributed by atoms with Gasteiger partial charge in [0.2, 0.25) is 21.8 Å². The number of rotatable bonds is 7. The number of nitrogens with one attached hydrogen (secondary N) is 2. The molecule has 0 radical (unpaired) electrons. The Morgan fingerprint density at radius 2 is 1.74 bits per heavy atom. The average Bonchev–Trinajstić information content (AvgIpc) is 3.46. The summed E-state index contributed by atoms with van der Waals surface area (Å²) in [4.78, 5) is 56.8. The van der Waals surface area contributed by atoms with E-state index in [-0.39, 0.29) is 15.5 Å². The van der Waals surface area contributed by atoms with Crippen molar-refractivity contribution >= 4 is 73.8 Å². The maximum atomic E-state index is 13.9. The number of ether oxygens (including phenoxy) is 1. The number of primary sulfonamides is 1. The van der Waals surface area contributed by atoms with Gasteiger partial charge in [-0.15, -0.1) is 0 Å². The molecule has 220 valence electrons. The molecule has 3 amide bonds. The lowest BCUT2D eigenvalue weighted by molar-refractivity contribution is -0.122. The predicted molar refractivity (Wildman–Crippen MR) is 162 cm³/mol. The molecule has 15 heteroatoms. The number of thioether (sulfide) groups is 1. The van der Waals surface area contributed by atoms with E-state index in [1.165, 1.54) is 29.2 Å². The lowest BCUT2D eigenvalue weighted by Gasteiger charge is -2.31. The van der Waals surface area contributed by atoms with Gasteiger partial charge in [-0.1, -0.05) is 52.9 Å². The number of amides is 3. The molecule has 3 atom stereocenters. The zero-order chi connectivity index (χ0) is 30.5. The van der Waals surface area contributed by atoms with Gasteiger partial charge in [0.15, 0.2) is 6.61 Å². The summed E-state index contributed by atoms with van der Waals surface area (Å²) in [5, 5.41) is 7.74. The molecule has 4 N–H and O–H groups in total. The minimum Gasteiger partial charge on any atom is -0.483 e. The lowest BCUT2D eigenvalue weighted by atomic mass is 9.82. The summed E-state index contributed by atoms with van der Waals surface area (Å²) in [6.07, 6.45) is 0. The van der Waals surface area contributed by atoms with Crippen LogP contribution in [0.3, 0.4) is 0 Å². The van der Waals surface area contributed by atoms with Crippen molar-refractivity contribution in [2.75, 3.05) is 16.8 Å². The van der Waals surface area contributed by atoms with E-state index in [1.807, 2.05) is 0 Å². The van der Waals surface area contributed by atoms with Crippen LogP contribution in [0, 0.1) is 5.92 Å². The van der Waals surface area contributed by atoms with Crippen LogP contribution in [0.4, 0.5) is 11.4 Å². The second-order valence-corrected chi connectivity index (χ2v) is 13.9. The highest BCUT2D eigenvalue weighted by Crippen LogP contribution is 2.54. The Kier molecular flexibility index (Phi) is 7.64. The predicted octanol–water partition coefficient (Wildman–Crippen LogP) is 3.55. The van der Waals surface area contributed by atoms with Crippen LogP contribution in [0.5, 0.6) is 5.75 Å². The number of carbonyl (C=O) groups excluding carboxylic acids is 3. The van der Waals surface area contributed by atoms with Gasteiger partial charge in [-0.05, 0) is 54.6 Å². The molecule has 1 aromatic heterocycles. The van der Waals surface area contributed by atoms with Crippen LogP contribution in [-0.4, -0.2) is 43.0 Å². The molecule has 0 bridgehead atoms. The Hall–Kier alpha value is -3.95. The van der Waals surface area contributed by atoms with Crippen molar-refractivity contribution in [2.24, 2.45) is 11.1 Å². The van der Waals surface area contributed by atoms with E-state index in [2.05, 4.69) is 10.3 Å². The smallest absolute Gasteiger partial charge is 0.305 e. The molecule has 0 aliphatic carbocycles. The van der Waals surface area contributed by atoms with Gasteiger partial charge < -0.3 is 15.0 Å². The summed E-state index contributed by atoms with van der Waals surface area (Å²) >= 11 is 8.49. The summed E-state index contributed by atoms with van der Waals surface area (Å²) in [6, 6.07) is 18.7. The maximum Gasteiger partial charge on any atom is 0.305 e. The van der Waals surface area contributed by atoms with Crippen LogP contribution in [0.25, 0.3) is 0 Å². The Morgan fingerprint density at radius 1 is 1.02 bits per heavy atom. The van der Waals surface area contributed by atoms with Gasteiger partial charge in [0.25, 0.3) is 5.91 Å². The minimum atomic E-state index is -3.88. The first-order valence-electron chi connectivity index (χ1n) is 12.7. The summed E-state index contributed by atoms with van der Waals surface area (Å²) in [5.74, 6) is -2.76. The van der Waals surface area contributed by atoms with Crippen LogP contribution in [0.1, 0.15) is 16.4 Å². The molecule has 11 nitrogen and oxygen atoms in total. The normalized spacial score (nSPS) is 19.6. The number of nitrogens with zero attached hydrogens (tertiary/aromatic N) is 1. The first-order chi connectivity index (χ1) is 20.5. The van der Waals surface area contributed by atoms with Gasteiger partial charge >= 0.3 is 4.87 Å². The fourth-order valence-corrected chi connectivity index (χ4v) is 8.35. The molecule has 4 aromatic rings. The van der Waals surface area contributed by atoms with E-state index in [4.69, 9.17) is 21.5 Å². The third kappa shape index (κ3) is 5.59. The van der Waals surface area contributed by atoms with E-state index in [0.717, 1.165) is 23.1 Å². The summed E-state index contributed by atoms with van der Waals surface area (Å²) in [6.45, 7) is -0.444. The van der Waals surface area contributed by atoms with E-state index in [0.29, 0.717) is 31.9 Å². The molecule has 43 heavy (non-hydrogen) atoms. The molecule has 0 saturated carbocycles. The first kappa shape index (κ1) is 29.1. The van der Waals surface area contributed by atoms with Crippen molar-refractivity contribution in [3.63, 3.8) is 0 Å². The number of imide groups is 1. The van der Waals surface area contributed by atoms with Crippen molar-refractivity contribution in [3.8, 4) is 5.75 Å². The van der Waals surface area contributed by atoms with Crippen molar-refractivity contribution < 1.29 is 27.5 Å². The Bertz CT molecular complexity index is 1930. The number of carbonyl (C=O) groups is 3. The third-order valence-corrected chi connectivity index (χ3v) is 10.5. The second kappa shape index (κ2) is 11.3. The molecule has 0 spiro atoms. The lowest BCUT2D eigenvalue weighted by Crippen LogP contribution is -2.32. The number of halogens is 1. The number of sulfonamides is 1. The highest BCUT2D eigenvalue weighted by atomic mass is 35.5. The van der Waals surface area contributed by atoms with Crippen molar-refractivity contribution in [3.05, 3.63) is 97.9 Å². The molecular formula is C28H21ClN4O7S3. The van der Waals surface area contributed by atoms with Gasteiger partial charge in [-0.3, -0.25) is 19.2 Å². The zero-order valence-electron chi connectivity index (χ0n) is 21.9. The van der Waals surface area contributed by atoms with E-state index in [9.17, 15) is 27.6 Å². The molecule has 1 saturated heterocycles. The fourth-order valence-electron chi connectivity index (χ4n) is 5.15. The number of fused-ring (bicyclic) bond motifs is 2. The molecule has 1 fully saturated rings. The maximum absolute atomic E-state index is 13.9. The molecular weight excluding hydrogens is 636 g/mol. The number of nitrogens with two attached hydrogens (primary N) is 1. The van der Waals surface area contributed by atoms with Crippen LogP contribution in [0.2, 0.25) is 5.02 Å². The van der Waals surface area contributed by atoms with Crippen LogP contribution in [0.15, 0.2) is 87.5 Å². The van der Waals surface area contributed by atoms with E-state index >= 15 is 0 Å². The number of aromatic amines is 1. The highest BCUT2D eigenvalue weighted by molar-refractivity contribution is 8.00. The second-order valence-electron chi connectivity index (χ2n) is 9.69. The number of thiazole rings is 1. The molecule has 3 heterocycles. The van der Waals surface area contributed by atoms with Gasteiger partial charge in [-0.2, -0.15) is 0 Å². The standard InChI is InChI=1S/C28H21ClN4O7S3/c29-14-6-11-19(40-13-20(34)31-15-7-9-17(10-8-15)43(30,38)39)18(12-14)21-22-24(41-25-23(21)42-28(37)32-25)27(36)33(26(22)35)16-4-2-1-3-5-16/h1-12,21-22,24H,13H2,(H,31,34)(H,32,37)(H2,30,38,39).